The number of furan rings is 1. The Morgan fingerprint density at radius 3 is 2.67 bits per heavy atom. The Labute approximate surface area is 124 Å². The number of nitrogens with zero attached hydrogens (tertiary/aromatic N) is 2. The molecule has 0 radical (unpaired) electrons. The van der Waals surface area contributed by atoms with Gasteiger partial charge in [0.05, 0.1) is 12.0 Å². The first kappa shape index (κ1) is 15.4. The fourth-order valence-electron chi connectivity index (χ4n) is 2.76. The molecule has 1 aliphatic heterocycles. The van der Waals surface area contributed by atoms with Crippen LogP contribution in [0.1, 0.15) is 31.3 Å². The van der Waals surface area contributed by atoms with Crippen molar-refractivity contribution in [3.05, 3.63) is 23.7 Å². The highest BCUT2D eigenvalue weighted by atomic mass is 16.4. The highest BCUT2D eigenvalue weighted by Gasteiger charge is 2.45. The van der Waals surface area contributed by atoms with Crippen molar-refractivity contribution in [1.82, 2.24) is 9.80 Å². The summed E-state index contributed by atoms with van der Waals surface area (Å²) < 4.78 is 5.46. The molecule has 0 aromatic carbocycles. The summed E-state index contributed by atoms with van der Waals surface area (Å²) >= 11 is 0. The Balaban J connectivity index is 1.99. The third kappa shape index (κ3) is 3.04. The van der Waals surface area contributed by atoms with Crippen LogP contribution < -0.4 is 0 Å². The van der Waals surface area contributed by atoms with Crippen LogP contribution in [-0.4, -0.2) is 47.0 Å². The van der Waals surface area contributed by atoms with Crippen molar-refractivity contribution < 1.29 is 19.1 Å². The van der Waals surface area contributed by atoms with E-state index in [1.165, 1.54) is 0 Å². The number of hydrogen-bond acceptors (Lipinski definition) is 3. The Kier molecular flexibility index (Phi) is 4.25. The van der Waals surface area contributed by atoms with Crippen LogP contribution in [0.4, 0.5) is 4.79 Å². The van der Waals surface area contributed by atoms with E-state index in [0.29, 0.717) is 25.9 Å². The second-order valence-corrected chi connectivity index (χ2v) is 5.76. The molecule has 2 rings (SSSR count). The second-order valence-electron chi connectivity index (χ2n) is 5.76. The SMILES string of the molecule is CCC1(C(=O)O)CCN(C(=O)N(C)Cc2ccc(C)o2)C1. The minimum absolute atomic E-state index is 0.152. The molecule has 1 unspecified atom stereocenters. The Morgan fingerprint density at radius 1 is 1.48 bits per heavy atom. The number of carboxylic acid groups (broad SMARTS) is 1. The molecular weight excluding hydrogens is 272 g/mol. The van der Waals surface area contributed by atoms with Gasteiger partial charge in [-0.1, -0.05) is 6.92 Å². The summed E-state index contributed by atoms with van der Waals surface area (Å²) in [6.45, 7) is 4.86. The Bertz CT molecular complexity index is 540. The molecule has 0 aliphatic carbocycles. The number of urea groups is 1. The fraction of sp³-hybridized carbons (Fsp3) is 0.600. The maximum atomic E-state index is 12.4. The van der Waals surface area contributed by atoms with Gasteiger partial charge < -0.3 is 19.3 Å². The van der Waals surface area contributed by atoms with Gasteiger partial charge in [0.2, 0.25) is 0 Å². The number of aryl methyl sites for hydroxylation is 1. The van der Waals surface area contributed by atoms with Gasteiger partial charge in [-0.2, -0.15) is 0 Å². The lowest BCUT2D eigenvalue weighted by Crippen LogP contribution is -2.42. The first-order valence-electron chi connectivity index (χ1n) is 7.17. The molecule has 6 heteroatoms. The molecular formula is C15H22N2O4. The molecule has 1 atom stereocenters. The topological polar surface area (TPSA) is 74.0 Å². The molecule has 1 N–H and O–H groups in total. The van der Waals surface area contributed by atoms with Crippen LogP contribution in [0.2, 0.25) is 0 Å². The summed E-state index contributed by atoms with van der Waals surface area (Å²) in [6, 6.07) is 3.55. The van der Waals surface area contributed by atoms with Gasteiger partial charge in [-0.3, -0.25) is 4.79 Å². The van der Waals surface area contributed by atoms with Crippen molar-refractivity contribution in [3.63, 3.8) is 0 Å². The predicted octanol–water partition coefficient (Wildman–Crippen LogP) is 2.33. The number of hydrogen-bond donors (Lipinski definition) is 1. The predicted molar refractivity (Wildman–Crippen MR) is 76.9 cm³/mol. The van der Waals surface area contributed by atoms with E-state index in [1.54, 1.807) is 16.8 Å². The van der Waals surface area contributed by atoms with Crippen molar-refractivity contribution in [3.8, 4) is 0 Å². The molecule has 1 saturated heterocycles. The van der Waals surface area contributed by atoms with Gasteiger partial charge in [-0.15, -0.1) is 0 Å². The highest BCUT2D eigenvalue weighted by Crippen LogP contribution is 2.34. The largest absolute Gasteiger partial charge is 0.481 e. The van der Waals surface area contributed by atoms with E-state index < -0.39 is 11.4 Å². The lowest BCUT2D eigenvalue weighted by atomic mass is 9.84. The van der Waals surface area contributed by atoms with E-state index in [9.17, 15) is 14.7 Å². The number of carbonyl (C=O) groups is 2. The zero-order valence-corrected chi connectivity index (χ0v) is 12.8. The Morgan fingerprint density at radius 2 is 2.19 bits per heavy atom. The molecule has 2 heterocycles. The molecule has 1 aliphatic rings. The first-order chi connectivity index (χ1) is 9.88. The van der Waals surface area contributed by atoms with Crippen molar-refractivity contribution in [2.75, 3.05) is 20.1 Å². The smallest absolute Gasteiger partial charge is 0.320 e. The standard InChI is InChI=1S/C15H22N2O4/c1-4-15(13(18)19)7-8-17(10-15)14(20)16(3)9-12-6-5-11(2)21-12/h5-6H,4,7-10H2,1-3H3,(H,18,19). The number of carbonyl (C=O) groups excluding carboxylic acids is 1. The third-order valence-corrected chi connectivity index (χ3v) is 4.27. The van der Waals surface area contributed by atoms with Crippen LogP contribution >= 0.6 is 0 Å². The maximum absolute atomic E-state index is 12.4. The third-order valence-electron chi connectivity index (χ3n) is 4.27. The maximum Gasteiger partial charge on any atom is 0.320 e. The van der Waals surface area contributed by atoms with Crippen molar-refractivity contribution >= 4 is 12.0 Å². The number of rotatable bonds is 4. The minimum atomic E-state index is -0.815. The van der Waals surface area contributed by atoms with E-state index in [2.05, 4.69) is 0 Å². The van der Waals surface area contributed by atoms with E-state index >= 15 is 0 Å². The lowest BCUT2D eigenvalue weighted by Gasteiger charge is -2.26. The van der Waals surface area contributed by atoms with Crippen molar-refractivity contribution in [2.24, 2.45) is 5.41 Å². The van der Waals surface area contributed by atoms with Gasteiger partial charge in [0, 0.05) is 20.1 Å². The molecule has 6 nitrogen and oxygen atoms in total. The Hall–Kier alpha value is -1.98. The number of carboxylic acids is 1. The zero-order chi connectivity index (χ0) is 15.6. The van der Waals surface area contributed by atoms with Crippen molar-refractivity contribution in [2.45, 2.75) is 33.2 Å². The van der Waals surface area contributed by atoms with Crippen LogP contribution in [0.25, 0.3) is 0 Å². The lowest BCUT2D eigenvalue weighted by molar-refractivity contribution is -0.148. The van der Waals surface area contributed by atoms with Gasteiger partial charge in [-0.05, 0) is 31.9 Å². The van der Waals surface area contributed by atoms with Gasteiger partial charge in [0.15, 0.2) is 0 Å². The summed E-state index contributed by atoms with van der Waals surface area (Å²) in [7, 11) is 1.70. The zero-order valence-electron chi connectivity index (χ0n) is 12.8. The normalized spacial score (nSPS) is 21.6. The monoisotopic (exact) mass is 294 g/mol. The van der Waals surface area contributed by atoms with E-state index in [0.717, 1.165) is 11.5 Å². The van der Waals surface area contributed by atoms with Crippen molar-refractivity contribution in [1.29, 1.82) is 0 Å². The van der Waals surface area contributed by atoms with Gasteiger partial charge >= 0.3 is 12.0 Å². The number of likely N-dealkylation sites (tertiary alicyclic amines) is 1. The van der Waals surface area contributed by atoms with Crippen LogP contribution in [0.3, 0.4) is 0 Å². The van der Waals surface area contributed by atoms with Crippen LogP contribution in [-0.2, 0) is 11.3 Å². The summed E-state index contributed by atoms with van der Waals surface area (Å²) in [5.41, 5.74) is -0.794. The van der Waals surface area contributed by atoms with E-state index in [-0.39, 0.29) is 12.6 Å². The number of aliphatic carboxylic acids is 1. The molecule has 0 saturated carbocycles. The second kappa shape index (κ2) is 5.79. The summed E-state index contributed by atoms with van der Waals surface area (Å²) in [5.74, 6) is 0.718. The molecule has 0 bridgehead atoms. The van der Waals surface area contributed by atoms with Gasteiger partial charge in [-0.25, -0.2) is 4.79 Å². The van der Waals surface area contributed by atoms with Gasteiger partial charge in [0.1, 0.15) is 11.5 Å². The van der Waals surface area contributed by atoms with Gasteiger partial charge in [0.25, 0.3) is 0 Å². The molecule has 1 fully saturated rings. The molecule has 116 valence electrons. The highest BCUT2D eigenvalue weighted by molar-refractivity contribution is 5.79. The molecule has 21 heavy (non-hydrogen) atoms. The molecule has 0 spiro atoms. The van der Waals surface area contributed by atoms with E-state index in [4.69, 9.17) is 4.42 Å². The molecule has 2 amide bonds. The minimum Gasteiger partial charge on any atom is -0.481 e. The quantitative estimate of drug-likeness (QED) is 0.925. The molecule has 1 aromatic rings. The summed E-state index contributed by atoms with van der Waals surface area (Å²) in [4.78, 5) is 27.0. The van der Waals surface area contributed by atoms with Crippen LogP contribution in [0, 0.1) is 12.3 Å². The summed E-state index contributed by atoms with van der Waals surface area (Å²) in [6.07, 6.45) is 1.05. The number of amides is 2. The average molecular weight is 294 g/mol. The molecule has 1 aromatic heterocycles. The van der Waals surface area contributed by atoms with Crippen LogP contribution in [0.5, 0.6) is 0 Å². The fourth-order valence-corrected chi connectivity index (χ4v) is 2.76. The van der Waals surface area contributed by atoms with Crippen LogP contribution in [0.15, 0.2) is 16.5 Å². The first-order valence-corrected chi connectivity index (χ1v) is 7.17. The summed E-state index contributed by atoms with van der Waals surface area (Å²) in [5, 5.41) is 9.37. The van der Waals surface area contributed by atoms with E-state index in [1.807, 2.05) is 26.0 Å². The average Bonchev–Trinajstić information content (AvgIpc) is 3.05.